The van der Waals surface area contributed by atoms with Crippen molar-refractivity contribution < 1.29 is 4.74 Å². The molecule has 0 spiro atoms. The number of likely N-dealkylation sites (tertiary alicyclic amines) is 1. The molecule has 0 saturated carbocycles. The van der Waals surface area contributed by atoms with Crippen LogP contribution in [-0.4, -0.2) is 43.1 Å². The Morgan fingerprint density at radius 2 is 2.15 bits per heavy atom. The minimum atomic E-state index is -0.0709. The van der Waals surface area contributed by atoms with E-state index in [0.717, 1.165) is 32.1 Å². The molecule has 0 bridgehead atoms. The monoisotopic (exact) mass is 388 g/mol. The summed E-state index contributed by atoms with van der Waals surface area (Å²) >= 11 is 2.06. The molecule has 1 aromatic carbocycles. The van der Waals surface area contributed by atoms with Crippen LogP contribution >= 0.6 is 11.8 Å². The van der Waals surface area contributed by atoms with E-state index >= 15 is 0 Å². The van der Waals surface area contributed by atoms with Crippen LogP contribution < -0.4 is 5.73 Å². The first kappa shape index (κ1) is 19.8. The van der Waals surface area contributed by atoms with Crippen LogP contribution in [0.5, 0.6) is 0 Å². The standard InChI is InChI=1S/C23H36N2OS/c1-17(23(24)11-4-12-25(23)2)5-3-6-20-16-27-22-8-7-19(15-21(20)22)18-9-13-26-14-10-18/h7-8,15,17-18,20H,3-6,9-14,16,24H2,1-2H3/t17?,20?,23-/m1/s1. The minimum Gasteiger partial charge on any atom is -0.381 e. The average molecular weight is 389 g/mol. The maximum absolute atomic E-state index is 6.73. The van der Waals surface area contributed by atoms with Gasteiger partial charge in [-0.2, -0.15) is 0 Å². The van der Waals surface area contributed by atoms with Gasteiger partial charge in [-0.15, -0.1) is 11.8 Å². The summed E-state index contributed by atoms with van der Waals surface area (Å²) in [4.78, 5) is 3.91. The third kappa shape index (κ3) is 4.10. The van der Waals surface area contributed by atoms with Gasteiger partial charge in [0.15, 0.2) is 0 Å². The summed E-state index contributed by atoms with van der Waals surface area (Å²) in [6, 6.07) is 7.30. The normalized spacial score (nSPS) is 30.6. The van der Waals surface area contributed by atoms with Gasteiger partial charge in [0.2, 0.25) is 0 Å². The van der Waals surface area contributed by atoms with Crippen LogP contribution in [0.25, 0.3) is 0 Å². The van der Waals surface area contributed by atoms with E-state index in [1.165, 1.54) is 49.2 Å². The molecule has 2 saturated heterocycles. The van der Waals surface area contributed by atoms with Crippen molar-refractivity contribution in [3.05, 3.63) is 29.3 Å². The van der Waals surface area contributed by atoms with Gasteiger partial charge in [-0.3, -0.25) is 4.90 Å². The number of nitrogens with zero attached hydrogens (tertiary/aromatic N) is 1. The highest BCUT2D eigenvalue weighted by atomic mass is 32.2. The molecule has 27 heavy (non-hydrogen) atoms. The lowest BCUT2D eigenvalue weighted by atomic mass is 9.85. The molecular formula is C23H36N2OS. The summed E-state index contributed by atoms with van der Waals surface area (Å²) < 4.78 is 5.55. The summed E-state index contributed by atoms with van der Waals surface area (Å²) in [5.74, 6) is 3.26. The summed E-state index contributed by atoms with van der Waals surface area (Å²) in [6.45, 7) is 5.37. The van der Waals surface area contributed by atoms with Crippen LogP contribution in [0.15, 0.2) is 23.1 Å². The highest BCUT2D eigenvalue weighted by molar-refractivity contribution is 7.99. The largest absolute Gasteiger partial charge is 0.381 e. The predicted molar refractivity (Wildman–Crippen MR) is 114 cm³/mol. The van der Waals surface area contributed by atoms with Crippen LogP contribution in [0.4, 0.5) is 0 Å². The second-order valence-corrected chi connectivity index (χ2v) is 10.1. The zero-order chi connectivity index (χ0) is 18.9. The van der Waals surface area contributed by atoms with Gasteiger partial charge in [0, 0.05) is 23.9 Å². The Bertz CT molecular complexity index is 645. The molecule has 4 rings (SSSR count). The molecule has 0 radical (unpaired) electrons. The lowest BCUT2D eigenvalue weighted by molar-refractivity contribution is 0.0853. The molecule has 3 heterocycles. The van der Waals surface area contributed by atoms with Gasteiger partial charge in [-0.25, -0.2) is 0 Å². The first-order valence-corrected chi connectivity index (χ1v) is 11.9. The molecule has 1 aromatic rings. The van der Waals surface area contributed by atoms with E-state index in [4.69, 9.17) is 10.5 Å². The molecule has 2 unspecified atom stereocenters. The Morgan fingerprint density at radius 1 is 1.33 bits per heavy atom. The van der Waals surface area contributed by atoms with E-state index < -0.39 is 0 Å². The zero-order valence-corrected chi connectivity index (χ0v) is 17.9. The number of hydrogen-bond donors (Lipinski definition) is 1. The second kappa shape index (κ2) is 8.44. The van der Waals surface area contributed by atoms with Crippen molar-refractivity contribution in [1.82, 2.24) is 4.90 Å². The summed E-state index contributed by atoms with van der Waals surface area (Å²) in [5.41, 5.74) is 9.83. The molecule has 0 aliphatic carbocycles. The highest BCUT2D eigenvalue weighted by Crippen LogP contribution is 2.44. The molecule has 2 N–H and O–H groups in total. The third-order valence-electron chi connectivity index (χ3n) is 7.43. The van der Waals surface area contributed by atoms with Crippen LogP contribution in [0, 0.1) is 5.92 Å². The van der Waals surface area contributed by atoms with Crippen molar-refractivity contribution in [3.8, 4) is 0 Å². The zero-order valence-electron chi connectivity index (χ0n) is 17.1. The topological polar surface area (TPSA) is 38.5 Å². The second-order valence-electron chi connectivity index (χ2n) is 9.04. The number of thioether (sulfide) groups is 1. The highest BCUT2D eigenvalue weighted by Gasteiger charge is 2.39. The van der Waals surface area contributed by atoms with Crippen LogP contribution in [0.2, 0.25) is 0 Å². The Labute approximate surface area is 169 Å². The number of ether oxygens (including phenoxy) is 1. The number of benzene rings is 1. The third-order valence-corrected chi connectivity index (χ3v) is 8.68. The number of hydrogen-bond acceptors (Lipinski definition) is 4. The van der Waals surface area contributed by atoms with E-state index in [1.807, 2.05) is 0 Å². The quantitative estimate of drug-likeness (QED) is 0.748. The lowest BCUT2D eigenvalue weighted by Gasteiger charge is -2.38. The van der Waals surface area contributed by atoms with Gasteiger partial charge in [0.25, 0.3) is 0 Å². The van der Waals surface area contributed by atoms with E-state index in [9.17, 15) is 0 Å². The summed E-state index contributed by atoms with van der Waals surface area (Å²) in [5, 5.41) is 0. The van der Waals surface area contributed by atoms with Crippen LogP contribution in [0.1, 0.15) is 74.8 Å². The molecule has 150 valence electrons. The molecule has 0 amide bonds. The van der Waals surface area contributed by atoms with Crippen molar-refractivity contribution in [2.75, 3.05) is 32.6 Å². The minimum absolute atomic E-state index is 0.0709. The molecule has 4 heteroatoms. The summed E-state index contributed by atoms with van der Waals surface area (Å²) in [7, 11) is 2.20. The number of nitrogens with two attached hydrogens (primary N) is 1. The van der Waals surface area contributed by atoms with Gasteiger partial charge < -0.3 is 10.5 Å². The predicted octanol–water partition coefficient (Wildman–Crippen LogP) is 4.96. The maximum Gasteiger partial charge on any atom is 0.0711 e. The molecule has 3 aliphatic rings. The van der Waals surface area contributed by atoms with Gasteiger partial charge >= 0.3 is 0 Å². The number of rotatable bonds is 6. The van der Waals surface area contributed by atoms with Crippen LogP contribution in [-0.2, 0) is 4.74 Å². The van der Waals surface area contributed by atoms with Gasteiger partial charge in [-0.1, -0.05) is 25.5 Å². The lowest BCUT2D eigenvalue weighted by Crippen LogP contribution is -2.54. The van der Waals surface area contributed by atoms with Crippen molar-refractivity contribution in [2.24, 2.45) is 11.7 Å². The van der Waals surface area contributed by atoms with E-state index in [2.05, 4.69) is 48.8 Å². The molecule has 2 fully saturated rings. The molecular weight excluding hydrogens is 352 g/mol. The van der Waals surface area contributed by atoms with Crippen molar-refractivity contribution in [2.45, 2.75) is 74.3 Å². The number of fused-ring (bicyclic) bond motifs is 1. The molecule has 3 aliphatic heterocycles. The smallest absolute Gasteiger partial charge is 0.0711 e. The van der Waals surface area contributed by atoms with Crippen LogP contribution in [0.3, 0.4) is 0 Å². The molecule has 3 atom stereocenters. The Kier molecular flexibility index (Phi) is 6.18. The van der Waals surface area contributed by atoms with Gasteiger partial charge in [0.1, 0.15) is 0 Å². The van der Waals surface area contributed by atoms with Gasteiger partial charge in [0.05, 0.1) is 5.66 Å². The van der Waals surface area contributed by atoms with E-state index in [-0.39, 0.29) is 5.66 Å². The van der Waals surface area contributed by atoms with Gasteiger partial charge in [-0.05, 0) is 87.1 Å². The fourth-order valence-corrected chi connectivity index (χ4v) is 6.65. The van der Waals surface area contributed by atoms with Crippen molar-refractivity contribution in [3.63, 3.8) is 0 Å². The summed E-state index contributed by atoms with van der Waals surface area (Å²) in [6.07, 6.45) is 8.61. The SMILES string of the molecule is CC(CCCC1CSc2ccc(C3CCOCC3)cc21)[C@@]1(N)CCCN1C. The molecule has 3 nitrogen and oxygen atoms in total. The van der Waals surface area contributed by atoms with E-state index in [0.29, 0.717) is 11.8 Å². The van der Waals surface area contributed by atoms with Crippen molar-refractivity contribution >= 4 is 11.8 Å². The Hall–Kier alpha value is -0.550. The maximum atomic E-state index is 6.73. The molecule has 0 aromatic heterocycles. The Morgan fingerprint density at radius 3 is 2.89 bits per heavy atom. The first-order valence-electron chi connectivity index (χ1n) is 10.9. The fraction of sp³-hybridized carbons (Fsp3) is 0.739. The Balaban J connectivity index is 1.35. The van der Waals surface area contributed by atoms with Crippen molar-refractivity contribution in [1.29, 1.82) is 0 Å². The first-order chi connectivity index (χ1) is 13.1. The van der Waals surface area contributed by atoms with E-state index in [1.54, 1.807) is 11.1 Å². The fourth-order valence-electron chi connectivity index (χ4n) is 5.36. The average Bonchev–Trinajstić information content (AvgIpc) is 3.26.